The lowest BCUT2D eigenvalue weighted by molar-refractivity contribution is 0.0889. The average molecular weight is 237 g/mol. The van der Waals surface area contributed by atoms with Crippen molar-refractivity contribution >= 4 is 17.4 Å². The normalized spacial score (nSPS) is 17.4. The summed E-state index contributed by atoms with van der Waals surface area (Å²) >= 11 is 6.09. The molecule has 86 valence electrons. The first-order valence-corrected chi connectivity index (χ1v) is 6.36. The number of hydrogen-bond donors (Lipinski definition) is 0. The highest BCUT2D eigenvalue weighted by molar-refractivity contribution is 6.34. The molecule has 16 heavy (non-hydrogen) atoms. The van der Waals surface area contributed by atoms with Gasteiger partial charge in [-0.25, -0.2) is 0 Å². The molecule has 0 heterocycles. The van der Waals surface area contributed by atoms with Crippen LogP contribution >= 0.6 is 11.6 Å². The second kappa shape index (κ2) is 5.01. The number of ketones is 1. The Kier molecular flexibility index (Phi) is 3.65. The summed E-state index contributed by atoms with van der Waals surface area (Å²) in [5.41, 5.74) is 1.82. The van der Waals surface area contributed by atoms with Crippen molar-refractivity contribution in [1.29, 1.82) is 0 Å². The first kappa shape index (κ1) is 11.7. The molecule has 1 saturated carbocycles. The highest BCUT2D eigenvalue weighted by atomic mass is 35.5. The van der Waals surface area contributed by atoms with Gasteiger partial charge in [-0.05, 0) is 31.9 Å². The van der Waals surface area contributed by atoms with Gasteiger partial charge in [0.15, 0.2) is 5.78 Å². The monoisotopic (exact) mass is 236 g/mol. The number of Topliss-reactive ketones (excluding diaryl/α,β-unsaturated/α-hetero) is 1. The topological polar surface area (TPSA) is 17.1 Å². The highest BCUT2D eigenvalue weighted by Gasteiger charge is 2.23. The molecule has 0 amide bonds. The summed E-state index contributed by atoms with van der Waals surface area (Å²) in [4.78, 5) is 12.3. The molecule has 0 bridgehead atoms. The molecule has 1 fully saturated rings. The minimum Gasteiger partial charge on any atom is -0.294 e. The number of aryl methyl sites for hydroxylation is 1. The Balaban J connectivity index is 2.22. The van der Waals surface area contributed by atoms with Crippen molar-refractivity contribution in [1.82, 2.24) is 0 Å². The fourth-order valence-electron chi connectivity index (χ4n) is 2.41. The Bertz CT molecular complexity index is 392. The van der Waals surface area contributed by atoms with Crippen molar-refractivity contribution in [3.8, 4) is 0 Å². The molecule has 1 aromatic carbocycles. The molecular formula is C14H17ClO. The average Bonchev–Trinajstić information content (AvgIpc) is 2.32. The van der Waals surface area contributed by atoms with Gasteiger partial charge in [0.25, 0.3) is 0 Å². The lowest BCUT2D eigenvalue weighted by Gasteiger charge is -2.20. The van der Waals surface area contributed by atoms with Gasteiger partial charge in [-0.2, -0.15) is 0 Å². The summed E-state index contributed by atoms with van der Waals surface area (Å²) < 4.78 is 0. The van der Waals surface area contributed by atoms with Gasteiger partial charge in [-0.15, -0.1) is 0 Å². The summed E-state index contributed by atoms with van der Waals surface area (Å²) in [6.45, 7) is 1.99. The van der Waals surface area contributed by atoms with E-state index < -0.39 is 0 Å². The minimum atomic E-state index is 0.202. The van der Waals surface area contributed by atoms with Crippen molar-refractivity contribution in [2.75, 3.05) is 0 Å². The number of benzene rings is 1. The molecule has 0 radical (unpaired) electrons. The summed E-state index contributed by atoms with van der Waals surface area (Å²) in [5, 5.41) is 0.598. The van der Waals surface area contributed by atoms with Crippen LogP contribution in [0.25, 0.3) is 0 Å². The third-order valence-electron chi connectivity index (χ3n) is 3.36. The van der Waals surface area contributed by atoms with E-state index in [9.17, 15) is 4.79 Å². The van der Waals surface area contributed by atoms with Crippen molar-refractivity contribution in [3.05, 3.63) is 34.3 Å². The molecule has 0 aromatic heterocycles. The van der Waals surface area contributed by atoms with E-state index in [0.29, 0.717) is 10.6 Å². The van der Waals surface area contributed by atoms with E-state index in [2.05, 4.69) is 0 Å². The summed E-state index contributed by atoms with van der Waals surface area (Å²) in [5.74, 6) is 0.446. The molecule has 1 aliphatic rings. The number of halogens is 1. The molecule has 0 aliphatic heterocycles. The van der Waals surface area contributed by atoms with Gasteiger partial charge in [0.2, 0.25) is 0 Å². The van der Waals surface area contributed by atoms with E-state index in [-0.39, 0.29) is 11.7 Å². The van der Waals surface area contributed by atoms with E-state index in [1.54, 1.807) is 0 Å². The summed E-state index contributed by atoms with van der Waals surface area (Å²) in [6.07, 6.45) is 5.69. The number of carbonyl (C=O) groups excluding carboxylic acids is 1. The van der Waals surface area contributed by atoms with E-state index in [4.69, 9.17) is 11.6 Å². The Morgan fingerprint density at radius 2 is 1.94 bits per heavy atom. The van der Waals surface area contributed by atoms with Crippen molar-refractivity contribution in [2.24, 2.45) is 5.92 Å². The predicted molar refractivity (Wildman–Crippen MR) is 67.1 cm³/mol. The van der Waals surface area contributed by atoms with Crippen LogP contribution < -0.4 is 0 Å². The molecular weight excluding hydrogens is 220 g/mol. The van der Waals surface area contributed by atoms with Gasteiger partial charge < -0.3 is 0 Å². The predicted octanol–water partition coefficient (Wildman–Crippen LogP) is 4.41. The lowest BCUT2D eigenvalue weighted by Crippen LogP contribution is -2.18. The summed E-state index contributed by atoms with van der Waals surface area (Å²) in [6, 6.07) is 5.69. The smallest absolute Gasteiger partial charge is 0.167 e. The molecule has 0 spiro atoms. The van der Waals surface area contributed by atoms with E-state index >= 15 is 0 Å². The van der Waals surface area contributed by atoms with Gasteiger partial charge >= 0.3 is 0 Å². The maximum atomic E-state index is 12.3. The van der Waals surface area contributed by atoms with Crippen LogP contribution in [0.2, 0.25) is 5.02 Å². The molecule has 0 unspecified atom stereocenters. The quantitative estimate of drug-likeness (QED) is 0.695. The molecule has 0 N–H and O–H groups in total. The fourth-order valence-corrected chi connectivity index (χ4v) is 2.62. The van der Waals surface area contributed by atoms with Crippen molar-refractivity contribution < 1.29 is 4.79 Å². The van der Waals surface area contributed by atoms with Crippen LogP contribution in [0.4, 0.5) is 0 Å². The minimum absolute atomic E-state index is 0.202. The Morgan fingerprint density at radius 1 is 1.25 bits per heavy atom. The first-order chi connectivity index (χ1) is 7.68. The van der Waals surface area contributed by atoms with Crippen LogP contribution in [0, 0.1) is 12.8 Å². The SMILES string of the molecule is Cc1ccc(Cl)c(C(=O)C2CCCCC2)c1. The number of hydrogen-bond acceptors (Lipinski definition) is 1. The molecule has 0 saturated heterocycles. The van der Waals surface area contributed by atoms with Gasteiger partial charge in [-0.3, -0.25) is 4.79 Å². The van der Waals surface area contributed by atoms with Crippen LogP contribution in [0.1, 0.15) is 48.0 Å². The van der Waals surface area contributed by atoms with Crippen molar-refractivity contribution in [2.45, 2.75) is 39.0 Å². The molecule has 2 rings (SSSR count). The Labute approximate surface area is 102 Å². The molecule has 2 heteroatoms. The summed E-state index contributed by atoms with van der Waals surface area (Å²) in [7, 11) is 0. The third kappa shape index (κ3) is 2.46. The van der Waals surface area contributed by atoms with Gasteiger partial charge in [0, 0.05) is 11.5 Å². The van der Waals surface area contributed by atoms with E-state index in [0.717, 1.165) is 18.4 Å². The van der Waals surface area contributed by atoms with Gasteiger partial charge in [-0.1, -0.05) is 42.5 Å². The van der Waals surface area contributed by atoms with Crippen LogP contribution in [-0.2, 0) is 0 Å². The standard InChI is InChI=1S/C14H17ClO/c1-10-7-8-13(15)12(9-10)14(16)11-5-3-2-4-6-11/h7-9,11H,2-6H2,1H3. The molecule has 1 nitrogen and oxygen atoms in total. The maximum Gasteiger partial charge on any atom is 0.167 e. The zero-order valence-electron chi connectivity index (χ0n) is 9.63. The molecule has 0 atom stereocenters. The second-order valence-electron chi connectivity index (χ2n) is 4.68. The second-order valence-corrected chi connectivity index (χ2v) is 5.09. The zero-order valence-corrected chi connectivity index (χ0v) is 10.4. The number of carbonyl (C=O) groups is 1. The fraction of sp³-hybridized carbons (Fsp3) is 0.500. The third-order valence-corrected chi connectivity index (χ3v) is 3.69. The molecule has 1 aliphatic carbocycles. The van der Waals surface area contributed by atoms with Crippen LogP contribution in [0.3, 0.4) is 0 Å². The van der Waals surface area contributed by atoms with Gasteiger partial charge in [0.1, 0.15) is 0 Å². The lowest BCUT2D eigenvalue weighted by atomic mass is 9.83. The van der Waals surface area contributed by atoms with Crippen molar-refractivity contribution in [3.63, 3.8) is 0 Å². The molecule has 1 aromatic rings. The largest absolute Gasteiger partial charge is 0.294 e. The maximum absolute atomic E-state index is 12.3. The van der Waals surface area contributed by atoms with E-state index in [1.165, 1.54) is 19.3 Å². The zero-order chi connectivity index (χ0) is 11.5. The van der Waals surface area contributed by atoms with Crippen LogP contribution in [0.15, 0.2) is 18.2 Å². The Morgan fingerprint density at radius 3 is 2.62 bits per heavy atom. The van der Waals surface area contributed by atoms with Crippen LogP contribution in [-0.4, -0.2) is 5.78 Å². The Hall–Kier alpha value is -0.820. The first-order valence-electron chi connectivity index (χ1n) is 5.99. The van der Waals surface area contributed by atoms with E-state index in [1.807, 2.05) is 25.1 Å². The highest BCUT2D eigenvalue weighted by Crippen LogP contribution is 2.29. The van der Waals surface area contributed by atoms with Gasteiger partial charge in [0.05, 0.1) is 5.02 Å². The van der Waals surface area contributed by atoms with Crippen LogP contribution in [0.5, 0.6) is 0 Å². The number of rotatable bonds is 2.